The van der Waals surface area contributed by atoms with E-state index in [1.807, 2.05) is 0 Å². The third kappa shape index (κ3) is 2.42. The van der Waals surface area contributed by atoms with Gasteiger partial charge in [0.05, 0.1) is 18.4 Å². The minimum Gasteiger partial charge on any atom is -0.496 e. The second kappa shape index (κ2) is 4.79. The highest BCUT2D eigenvalue weighted by Gasteiger charge is 2.14. The van der Waals surface area contributed by atoms with Crippen molar-refractivity contribution in [1.29, 1.82) is 0 Å². The molecule has 94 valence electrons. The van der Waals surface area contributed by atoms with Crippen LogP contribution < -0.4 is 15.8 Å². The van der Waals surface area contributed by atoms with Crippen LogP contribution in [0.4, 0.5) is 11.6 Å². The van der Waals surface area contributed by atoms with Crippen LogP contribution in [0.2, 0.25) is 0 Å². The zero-order valence-electron chi connectivity index (χ0n) is 10.1. The maximum Gasteiger partial charge on any atom is 0.261 e. The van der Waals surface area contributed by atoms with Gasteiger partial charge >= 0.3 is 0 Å². The smallest absolute Gasteiger partial charge is 0.261 e. The molecule has 0 aliphatic carbocycles. The maximum absolute atomic E-state index is 12.0. The van der Waals surface area contributed by atoms with Crippen molar-refractivity contribution >= 4 is 17.5 Å². The lowest BCUT2D eigenvalue weighted by molar-refractivity contribution is 0.102. The van der Waals surface area contributed by atoms with Crippen LogP contribution in [0.25, 0.3) is 0 Å². The first-order valence-corrected chi connectivity index (χ1v) is 5.28. The molecule has 1 aromatic carbocycles. The molecule has 3 N–H and O–H groups in total. The van der Waals surface area contributed by atoms with Gasteiger partial charge in [-0.2, -0.15) is 0 Å². The molecule has 0 fully saturated rings. The number of rotatable bonds is 3. The Hall–Kier alpha value is -2.50. The molecule has 1 heterocycles. The number of nitrogens with zero attached hydrogens (tertiary/aromatic N) is 1. The van der Waals surface area contributed by atoms with Gasteiger partial charge < -0.3 is 15.0 Å². The fourth-order valence-corrected chi connectivity index (χ4v) is 1.50. The summed E-state index contributed by atoms with van der Waals surface area (Å²) in [7, 11) is 1.48. The second-order valence-corrected chi connectivity index (χ2v) is 3.75. The van der Waals surface area contributed by atoms with Crippen molar-refractivity contribution in [3.05, 3.63) is 35.5 Å². The predicted molar refractivity (Wildman–Crippen MR) is 66.6 cm³/mol. The van der Waals surface area contributed by atoms with Crippen molar-refractivity contribution in [2.45, 2.75) is 6.92 Å². The van der Waals surface area contributed by atoms with E-state index in [9.17, 15) is 4.79 Å². The van der Waals surface area contributed by atoms with E-state index in [0.717, 1.165) is 0 Å². The first-order valence-electron chi connectivity index (χ1n) is 5.28. The first-order chi connectivity index (χ1) is 8.60. The number of nitrogen functional groups attached to an aromatic ring is 1. The van der Waals surface area contributed by atoms with Crippen LogP contribution in [0.3, 0.4) is 0 Å². The zero-order chi connectivity index (χ0) is 13.1. The number of benzene rings is 1. The number of aromatic nitrogens is 1. The molecule has 0 aliphatic heterocycles. The molecule has 0 saturated carbocycles. The van der Waals surface area contributed by atoms with Crippen molar-refractivity contribution in [2.75, 3.05) is 18.2 Å². The molecule has 2 aromatic rings. The van der Waals surface area contributed by atoms with Gasteiger partial charge in [0.2, 0.25) is 5.88 Å². The topological polar surface area (TPSA) is 90.4 Å². The van der Waals surface area contributed by atoms with Crippen LogP contribution in [-0.2, 0) is 0 Å². The van der Waals surface area contributed by atoms with Crippen molar-refractivity contribution in [1.82, 2.24) is 5.16 Å². The average molecular weight is 247 g/mol. The van der Waals surface area contributed by atoms with Crippen LogP contribution in [0.15, 0.2) is 28.8 Å². The van der Waals surface area contributed by atoms with Gasteiger partial charge in [-0.3, -0.25) is 10.1 Å². The number of hydrogen-bond acceptors (Lipinski definition) is 5. The van der Waals surface area contributed by atoms with E-state index in [1.54, 1.807) is 31.2 Å². The molecule has 0 saturated heterocycles. The molecule has 6 heteroatoms. The van der Waals surface area contributed by atoms with Crippen molar-refractivity contribution in [3.63, 3.8) is 0 Å². The summed E-state index contributed by atoms with van der Waals surface area (Å²) in [5.41, 5.74) is 7.21. The van der Waals surface area contributed by atoms with Crippen LogP contribution >= 0.6 is 0 Å². The Balaban J connectivity index is 2.23. The lowest BCUT2D eigenvalue weighted by Crippen LogP contribution is -2.12. The second-order valence-electron chi connectivity index (χ2n) is 3.75. The monoisotopic (exact) mass is 247 g/mol. The van der Waals surface area contributed by atoms with Gasteiger partial charge in [-0.05, 0) is 19.1 Å². The Bertz CT molecular complexity index is 578. The number of carbonyl (C=O) groups excluding carboxylic acids is 1. The number of amides is 1. The van der Waals surface area contributed by atoms with E-state index < -0.39 is 0 Å². The number of nitrogens with one attached hydrogen (secondary N) is 1. The highest BCUT2D eigenvalue weighted by atomic mass is 16.5. The van der Waals surface area contributed by atoms with Gasteiger partial charge in [-0.25, -0.2) is 0 Å². The van der Waals surface area contributed by atoms with E-state index in [4.69, 9.17) is 15.0 Å². The average Bonchev–Trinajstić information content (AvgIpc) is 2.74. The van der Waals surface area contributed by atoms with Crippen LogP contribution in [-0.4, -0.2) is 18.2 Å². The summed E-state index contributed by atoms with van der Waals surface area (Å²) in [4.78, 5) is 12.0. The van der Waals surface area contributed by atoms with Gasteiger partial charge in [0.1, 0.15) is 5.75 Å². The molecule has 0 atom stereocenters. The number of hydrogen-bond donors (Lipinski definition) is 2. The van der Waals surface area contributed by atoms with Gasteiger partial charge in [-0.1, -0.05) is 5.16 Å². The summed E-state index contributed by atoms with van der Waals surface area (Å²) >= 11 is 0. The summed E-state index contributed by atoms with van der Waals surface area (Å²) in [6.07, 6.45) is 0. The fourth-order valence-electron chi connectivity index (χ4n) is 1.50. The summed E-state index contributed by atoms with van der Waals surface area (Å²) in [5, 5.41) is 6.26. The van der Waals surface area contributed by atoms with E-state index in [0.29, 0.717) is 22.7 Å². The molecule has 1 amide bonds. The lowest BCUT2D eigenvalue weighted by Gasteiger charge is -2.08. The number of aryl methyl sites for hydroxylation is 1. The number of carbonyl (C=O) groups is 1. The van der Waals surface area contributed by atoms with E-state index >= 15 is 0 Å². The molecule has 0 radical (unpaired) electrons. The minimum atomic E-state index is -0.344. The molecule has 6 nitrogen and oxygen atoms in total. The number of nitrogens with two attached hydrogens (primary N) is 1. The molecule has 1 aromatic heterocycles. The molecule has 18 heavy (non-hydrogen) atoms. The Labute approximate surface area is 104 Å². The fraction of sp³-hybridized carbons (Fsp3) is 0.167. The highest BCUT2D eigenvalue weighted by molar-refractivity contribution is 6.05. The maximum atomic E-state index is 12.0. The SMILES string of the molecule is COc1cc(N)ccc1C(=O)Nc1cc(C)no1. The van der Waals surface area contributed by atoms with E-state index in [-0.39, 0.29) is 11.8 Å². The van der Waals surface area contributed by atoms with Crippen LogP contribution in [0.5, 0.6) is 5.75 Å². The molecule has 0 bridgehead atoms. The molecule has 0 spiro atoms. The first kappa shape index (κ1) is 12.0. The van der Waals surface area contributed by atoms with Crippen molar-refractivity contribution in [2.24, 2.45) is 0 Å². The molecule has 2 rings (SSSR count). The molecule has 0 unspecified atom stereocenters. The summed E-state index contributed by atoms with van der Waals surface area (Å²) in [5.74, 6) is 0.350. The standard InChI is InChI=1S/C12H13N3O3/c1-7-5-11(18-15-7)14-12(16)9-4-3-8(13)6-10(9)17-2/h3-6H,13H2,1-2H3,(H,14,16). The van der Waals surface area contributed by atoms with Crippen LogP contribution in [0.1, 0.15) is 16.1 Å². The molecular formula is C12H13N3O3. The van der Waals surface area contributed by atoms with E-state index in [2.05, 4.69) is 10.5 Å². The number of ether oxygens (including phenoxy) is 1. The third-order valence-electron chi connectivity index (χ3n) is 2.33. The number of anilines is 2. The Morgan fingerprint density at radius 2 is 2.22 bits per heavy atom. The normalized spacial score (nSPS) is 10.1. The largest absolute Gasteiger partial charge is 0.496 e. The van der Waals surface area contributed by atoms with Crippen molar-refractivity contribution < 1.29 is 14.1 Å². The Morgan fingerprint density at radius 1 is 1.44 bits per heavy atom. The highest BCUT2D eigenvalue weighted by Crippen LogP contribution is 2.22. The summed E-state index contributed by atoms with van der Waals surface area (Å²) in [6, 6.07) is 6.43. The van der Waals surface area contributed by atoms with E-state index in [1.165, 1.54) is 7.11 Å². The van der Waals surface area contributed by atoms with Gasteiger partial charge in [0.15, 0.2) is 0 Å². The molecule has 0 aliphatic rings. The van der Waals surface area contributed by atoms with Gasteiger partial charge in [-0.15, -0.1) is 0 Å². The Kier molecular flexibility index (Phi) is 3.18. The quantitative estimate of drug-likeness (QED) is 0.807. The minimum absolute atomic E-state index is 0.288. The number of methoxy groups -OCH3 is 1. The van der Waals surface area contributed by atoms with Gasteiger partial charge in [0.25, 0.3) is 5.91 Å². The summed E-state index contributed by atoms with van der Waals surface area (Å²) < 4.78 is 10.0. The van der Waals surface area contributed by atoms with Gasteiger partial charge in [0, 0.05) is 17.8 Å². The lowest BCUT2D eigenvalue weighted by atomic mass is 10.1. The van der Waals surface area contributed by atoms with Crippen LogP contribution in [0, 0.1) is 6.92 Å². The molecular weight excluding hydrogens is 234 g/mol. The summed E-state index contributed by atoms with van der Waals surface area (Å²) in [6.45, 7) is 1.77. The predicted octanol–water partition coefficient (Wildman–Crippen LogP) is 1.83. The zero-order valence-corrected chi connectivity index (χ0v) is 10.1. The van der Waals surface area contributed by atoms with Crippen molar-refractivity contribution in [3.8, 4) is 5.75 Å². The third-order valence-corrected chi connectivity index (χ3v) is 2.33. The Morgan fingerprint density at radius 3 is 2.83 bits per heavy atom.